The SMILES string of the molecule is COc1ccc2c(c1)c(-c1noc(C(=O)c3cn(C)c4ncccc34)n1)cn2C. The maximum atomic E-state index is 13.0. The van der Waals surface area contributed by atoms with Crippen molar-refractivity contribution in [3.63, 3.8) is 0 Å². The molecule has 8 nitrogen and oxygen atoms in total. The predicted molar refractivity (Wildman–Crippen MR) is 107 cm³/mol. The smallest absolute Gasteiger partial charge is 0.299 e. The number of fused-ring (bicyclic) bond motifs is 2. The lowest BCUT2D eigenvalue weighted by Crippen LogP contribution is -2.01. The van der Waals surface area contributed by atoms with Gasteiger partial charge in [-0.05, 0) is 30.3 Å². The molecule has 0 fully saturated rings. The Morgan fingerprint density at radius 3 is 2.79 bits per heavy atom. The van der Waals surface area contributed by atoms with E-state index in [1.807, 2.05) is 49.1 Å². The van der Waals surface area contributed by atoms with Crippen LogP contribution in [0.2, 0.25) is 0 Å². The van der Waals surface area contributed by atoms with Crippen LogP contribution in [0.1, 0.15) is 16.2 Å². The Kier molecular flexibility index (Phi) is 3.73. The molecular formula is C21H17N5O3. The molecule has 0 unspecified atom stereocenters. The summed E-state index contributed by atoms with van der Waals surface area (Å²) in [6.45, 7) is 0. The summed E-state index contributed by atoms with van der Waals surface area (Å²) in [4.78, 5) is 21.7. The first kappa shape index (κ1) is 17.2. The summed E-state index contributed by atoms with van der Waals surface area (Å²) < 4.78 is 14.4. The van der Waals surface area contributed by atoms with Crippen molar-refractivity contribution in [1.29, 1.82) is 0 Å². The molecule has 144 valence electrons. The molecule has 8 heteroatoms. The van der Waals surface area contributed by atoms with Gasteiger partial charge in [0, 0.05) is 54.5 Å². The topological polar surface area (TPSA) is 88.0 Å². The molecule has 0 aliphatic heterocycles. The molecule has 0 radical (unpaired) electrons. The van der Waals surface area contributed by atoms with Crippen molar-refractivity contribution in [1.82, 2.24) is 24.3 Å². The summed E-state index contributed by atoms with van der Waals surface area (Å²) in [6, 6.07) is 9.42. The van der Waals surface area contributed by atoms with Crippen molar-refractivity contribution in [3.8, 4) is 17.1 Å². The second-order valence-corrected chi connectivity index (χ2v) is 6.82. The highest BCUT2D eigenvalue weighted by molar-refractivity contribution is 6.14. The van der Waals surface area contributed by atoms with Crippen molar-refractivity contribution in [2.45, 2.75) is 0 Å². The van der Waals surface area contributed by atoms with Crippen molar-refractivity contribution in [3.05, 3.63) is 60.4 Å². The van der Waals surface area contributed by atoms with Crippen molar-refractivity contribution >= 4 is 27.7 Å². The van der Waals surface area contributed by atoms with Crippen LogP contribution in [0.4, 0.5) is 0 Å². The van der Waals surface area contributed by atoms with Gasteiger partial charge in [-0.1, -0.05) is 5.16 Å². The van der Waals surface area contributed by atoms with Gasteiger partial charge in [0.05, 0.1) is 12.7 Å². The highest BCUT2D eigenvalue weighted by Crippen LogP contribution is 2.31. The van der Waals surface area contributed by atoms with Crippen LogP contribution >= 0.6 is 0 Å². The number of ether oxygens (including phenoxy) is 1. The first-order valence-corrected chi connectivity index (χ1v) is 8.98. The fourth-order valence-electron chi connectivity index (χ4n) is 3.61. The predicted octanol–water partition coefficient (Wildman–Crippen LogP) is 3.35. The molecule has 0 saturated carbocycles. The number of nitrogens with zero attached hydrogens (tertiary/aromatic N) is 5. The molecular weight excluding hydrogens is 370 g/mol. The third-order valence-corrected chi connectivity index (χ3v) is 5.04. The van der Waals surface area contributed by atoms with E-state index in [9.17, 15) is 4.79 Å². The summed E-state index contributed by atoms with van der Waals surface area (Å²) in [5.74, 6) is 0.690. The fraction of sp³-hybridized carbons (Fsp3) is 0.143. The minimum Gasteiger partial charge on any atom is -0.497 e. The Hall–Kier alpha value is -3.94. The Labute approximate surface area is 165 Å². The number of methoxy groups -OCH3 is 1. The number of ketones is 1. The summed E-state index contributed by atoms with van der Waals surface area (Å²) in [7, 11) is 5.40. The van der Waals surface area contributed by atoms with E-state index in [1.54, 1.807) is 30.1 Å². The number of rotatable bonds is 4. The normalized spacial score (nSPS) is 11.4. The van der Waals surface area contributed by atoms with Gasteiger partial charge in [-0.3, -0.25) is 4.79 Å². The van der Waals surface area contributed by atoms with Crippen LogP contribution in [0.3, 0.4) is 0 Å². The lowest BCUT2D eigenvalue weighted by molar-refractivity contribution is 0.0995. The largest absolute Gasteiger partial charge is 0.497 e. The lowest BCUT2D eigenvalue weighted by Gasteiger charge is -2.00. The molecule has 0 saturated heterocycles. The van der Waals surface area contributed by atoms with E-state index in [-0.39, 0.29) is 11.7 Å². The highest BCUT2D eigenvalue weighted by atomic mass is 16.5. The number of carbonyl (C=O) groups is 1. The van der Waals surface area contributed by atoms with E-state index in [4.69, 9.17) is 9.26 Å². The van der Waals surface area contributed by atoms with Crippen LogP contribution in [0.5, 0.6) is 5.75 Å². The molecule has 0 aliphatic carbocycles. The maximum absolute atomic E-state index is 13.0. The van der Waals surface area contributed by atoms with Gasteiger partial charge in [-0.25, -0.2) is 4.98 Å². The average Bonchev–Trinajstić information content (AvgIpc) is 3.44. The summed E-state index contributed by atoms with van der Waals surface area (Å²) in [5.41, 5.74) is 2.96. The lowest BCUT2D eigenvalue weighted by atomic mass is 10.1. The van der Waals surface area contributed by atoms with Crippen LogP contribution in [0.25, 0.3) is 33.3 Å². The van der Waals surface area contributed by atoms with E-state index >= 15 is 0 Å². The molecule has 0 bridgehead atoms. The first-order chi connectivity index (χ1) is 14.1. The Bertz CT molecular complexity index is 1390. The fourth-order valence-corrected chi connectivity index (χ4v) is 3.61. The van der Waals surface area contributed by atoms with Crippen molar-refractivity contribution in [2.75, 3.05) is 7.11 Å². The molecule has 4 aromatic heterocycles. The standard InChI is InChI=1S/C21H17N5O3/c1-25-11-16(14-9-12(28-3)6-7-17(14)25)19-23-21(29-24-19)18(27)15-10-26(2)20-13(15)5-4-8-22-20/h4-11H,1-3H3. The third kappa shape index (κ3) is 2.60. The maximum Gasteiger partial charge on any atom is 0.299 e. The van der Waals surface area contributed by atoms with Gasteiger partial charge in [0.15, 0.2) is 0 Å². The molecule has 0 atom stereocenters. The average molecular weight is 387 g/mol. The van der Waals surface area contributed by atoms with Crippen LogP contribution in [-0.4, -0.2) is 37.2 Å². The highest BCUT2D eigenvalue weighted by Gasteiger charge is 2.23. The number of hydrogen-bond donors (Lipinski definition) is 0. The van der Waals surface area contributed by atoms with Crippen LogP contribution in [0.15, 0.2) is 53.4 Å². The third-order valence-electron chi connectivity index (χ3n) is 5.04. The molecule has 1 aromatic carbocycles. The summed E-state index contributed by atoms with van der Waals surface area (Å²) in [6.07, 6.45) is 5.33. The number of aryl methyl sites for hydroxylation is 2. The molecule has 0 aliphatic rings. The second kappa shape index (κ2) is 6.30. The summed E-state index contributed by atoms with van der Waals surface area (Å²) in [5, 5.41) is 5.72. The number of pyridine rings is 1. The molecule has 0 spiro atoms. The van der Waals surface area contributed by atoms with Gasteiger partial charge < -0.3 is 18.4 Å². The number of benzene rings is 1. The monoisotopic (exact) mass is 387 g/mol. The molecule has 29 heavy (non-hydrogen) atoms. The molecule has 0 N–H and O–H groups in total. The second-order valence-electron chi connectivity index (χ2n) is 6.82. The summed E-state index contributed by atoms with van der Waals surface area (Å²) >= 11 is 0. The van der Waals surface area contributed by atoms with E-state index < -0.39 is 0 Å². The van der Waals surface area contributed by atoms with E-state index in [2.05, 4.69) is 15.1 Å². The van der Waals surface area contributed by atoms with Crippen LogP contribution in [-0.2, 0) is 14.1 Å². The van der Waals surface area contributed by atoms with Gasteiger partial charge in [0.1, 0.15) is 11.4 Å². The van der Waals surface area contributed by atoms with E-state index in [0.717, 1.165) is 33.2 Å². The number of hydrogen-bond acceptors (Lipinski definition) is 6. The minimum absolute atomic E-state index is 0.0590. The van der Waals surface area contributed by atoms with Gasteiger partial charge >= 0.3 is 0 Å². The van der Waals surface area contributed by atoms with Gasteiger partial charge in [0.25, 0.3) is 11.7 Å². The number of carbonyl (C=O) groups excluding carboxylic acids is 1. The Morgan fingerprint density at radius 1 is 1.10 bits per heavy atom. The quantitative estimate of drug-likeness (QED) is 0.440. The van der Waals surface area contributed by atoms with E-state index in [0.29, 0.717) is 11.4 Å². The number of aromatic nitrogens is 5. The van der Waals surface area contributed by atoms with E-state index in [1.165, 1.54) is 0 Å². The zero-order valence-electron chi connectivity index (χ0n) is 16.1. The van der Waals surface area contributed by atoms with Crippen molar-refractivity contribution in [2.24, 2.45) is 14.1 Å². The zero-order valence-corrected chi connectivity index (χ0v) is 16.1. The van der Waals surface area contributed by atoms with Crippen LogP contribution in [0, 0.1) is 0 Å². The Balaban J connectivity index is 1.59. The first-order valence-electron chi connectivity index (χ1n) is 8.98. The van der Waals surface area contributed by atoms with Gasteiger partial charge in [0.2, 0.25) is 5.82 Å². The minimum atomic E-state index is -0.333. The Morgan fingerprint density at radius 2 is 1.97 bits per heavy atom. The molecule has 4 heterocycles. The zero-order chi connectivity index (χ0) is 20.1. The molecule has 5 aromatic rings. The molecule has 5 rings (SSSR count). The van der Waals surface area contributed by atoms with Gasteiger partial charge in [-0.2, -0.15) is 4.98 Å². The molecule has 0 amide bonds. The van der Waals surface area contributed by atoms with Crippen LogP contribution < -0.4 is 4.74 Å². The van der Waals surface area contributed by atoms with Crippen molar-refractivity contribution < 1.29 is 14.1 Å². The van der Waals surface area contributed by atoms with Gasteiger partial charge in [-0.15, -0.1) is 0 Å².